The number of amides is 3. The Bertz CT molecular complexity index is 1080. The minimum Gasteiger partial charge on any atom is -0.480 e. The zero-order chi connectivity index (χ0) is 28.9. The highest BCUT2D eigenvalue weighted by Crippen LogP contribution is 2.12. The number of hydrogen-bond donors (Lipinski definition) is 5. The number of carboxylic acids is 1. The number of carboxylic acid groups (broad SMARTS) is 1. The number of rotatable bonds is 15. The smallest absolute Gasteiger partial charge is 0.326 e. The maximum absolute atomic E-state index is 13.5. The second kappa shape index (κ2) is 15.6. The fourth-order valence-electron chi connectivity index (χ4n) is 4.11. The van der Waals surface area contributed by atoms with Gasteiger partial charge in [0.1, 0.15) is 18.1 Å². The van der Waals surface area contributed by atoms with Crippen LogP contribution in [0.3, 0.4) is 0 Å². The minimum atomic E-state index is -1.17. The Morgan fingerprint density at radius 3 is 1.62 bits per heavy atom. The third-order valence-electron chi connectivity index (χ3n) is 7.17. The molecule has 0 saturated heterocycles. The molecular weight excluding hydrogens is 496 g/mol. The van der Waals surface area contributed by atoms with Crippen molar-refractivity contribution in [3.63, 3.8) is 0 Å². The average Bonchev–Trinajstić information content (AvgIpc) is 2.94. The molecule has 0 heterocycles. The van der Waals surface area contributed by atoms with Crippen LogP contribution in [0.5, 0.6) is 0 Å². The summed E-state index contributed by atoms with van der Waals surface area (Å²) in [4.78, 5) is 51.7. The van der Waals surface area contributed by atoms with E-state index in [2.05, 4.69) is 16.0 Å². The van der Waals surface area contributed by atoms with Crippen molar-refractivity contribution in [3.05, 3.63) is 71.8 Å². The first-order valence-corrected chi connectivity index (χ1v) is 13.5. The summed E-state index contributed by atoms with van der Waals surface area (Å²) in [6.07, 6.45) is 1.56. The molecule has 39 heavy (non-hydrogen) atoms. The van der Waals surface area contributed by atoms with Crippen LogP contribution < -0.4 is 21.7 Å². The van der Waals surface area contributed by atoms with Crippen LogP contribution in [0.4, 0.5) is 0 Å². The molecule has 0 aliphatic carbocycles. The lowest BCUT2D eigenvalue weighted by atomic mass is 9.95. The van der Waals surface area contributed by atoms with Gasteiger partial charge in [0.05, 0.1) is 6.04 Å². The Labute approximate surface area is 230 Å². The molecule has 0 aliphatic heterocycles. The number of nitrogens with two attached hydrogens (primary N) is 1. The summed E-state index contributed by atoms with van der Waals surface area (Å²) < 4.78 is 0. The van der Waals surface area contributed by atoms with E-state index in [0.29, 0.717) is 12.8 Å². The molecule has 2 aromatic carbocycles. The van der Waals surface area contributed by atoms with Gasteiger partial charge < -0.3 is 26.8 Å². The SMILES string of the molecule is CCC(C)C(N)C(=O)NC(Cc1ccccc1)C(=O)NC(C(=O)NC(Cc1ccccc1)C(=O)O)C(C)CC. The number of aliphatic carboxylic acids is 1. The summed E-state index contributed by atoms with van der Waals surface area (Å²) in [6, 6.07) is 14.3. The van der Waals surface area contributed by atoms with Gasteiger partial charge in [0, 0.05) is 12.8 Å². The monoisotopic (exact) mass is 538 g/mol. The summed E-state index contributed by atoms with van der Waals surface area (Å²) in [5, 5.41) is 17.9. The van der Waals surface area contributed by atoms with Gasteiger partial charge in [-0.1, -0.05) is 101 Å². The van der Waals surface area contributed by atoms with Gasteiger partial charge in [-0.25, -0.2) is 4.79 Å². The van der Waals surface area contributed by atoms with Crippen molar-refractivity contribution in [3.8, 4) is 0 Å². The second-order valence-electron chi connectivity index (χ2n) is 10.1. The standard InChI is InChI=1S/C30H42N4O5/c1-5-19(3)25(31)28(36)32-23(17-21-13-9-7-10-14-21)27(35)34-26(20(4)6-2)29(37)33-24(30(38)39)18-22-15-11-8-12-16-22/h7-16,19-20,23-26H,5-6,17-18,31H2,1-4H3,(H,32,36)(H,33,37)(H,34,35)(H,38,39). The number of hydrogen-bond acceptors (Lipinski definition) is 5. The molecule has 0 saturated carbocycles. The molecule has 0 aromatic heterocycles. The van der Waals surface area contributed by atoms with Gasteiger partial charge in [0.25, 0.3) is 0 Å². The third-order valence-corrected chi connectivity index (χ3v) is 7.17. The van der Waals surface area contributed by atoms with Crippen LogP contribution in [0.15, 0.2) is 60.7 Å². The molecule has 0 fully saturated rings. The molecular formula is C30H42N4O5. The lowest BCUT2D eigenvalue weighted by molar-refractivity contribution is -0.142. The van der Waals surface area contributed by atoms with Crippen LogP contribution in [-0.2, 0) is 32.0 Å². The molecule has 9 nitrogen and oxygen atoms in total. The first-order chi connectivity index (χ1) is 18.6. The predicted octanol–water partition coefficient (Wildman–Crippen LogP) is 2.43. The van der Waals surface area contributed by atoms with Crippen molar-refractivity contribution in [1.29, 1.82) is 0 Å². The van der Waals surface area contributed by atoms with Crippen LogP contribution in [0, 0.1) is 11.8 Å². The van der Waals surface area contributed by atoms with Crippen LogP contribution in [-0.4, -0.2) is 53.0 Å². The maximum Gasteiger partial charge on any atom is 0.326 e. The number of carbonyl (C=O) groups excluding carboxylic acids is 3. The van der Waals surface area contributed by atoms with E-state index in [1.54, 1.807) is 31.2 Å². The van der Waals surface area contributed by atoms with E-state index in [1.165, 1.54) is 0 Å². The first kappa shape index (κ1) is 31.5. The Hall–Kier alpha value is -3.72. The van der Waals surface area contributed by atoms with E-state index >= 15 is 0 Å². The number of nitrogens with one attached hydrogen (secondary N) is 3. The highest BCUT2D eigenvalue weighted by atomic mass is 16.4. The van der Waals surface area contributed by atoms with Crippen LogP contribution in [0.25, 0.3) is 0 Å². The van der Waals surface area contributed by atoms with E-state index < -0.39 is 47.9 Å². The first-order valence-electron chi connectivity index (χ1n) is 13.5. The molecule has 3 amide bonds. The molecule has 0 bridgehead atoms. The molecule has 9 heteroatoms. The molecule has 6 N–H and O–H groups in total. The van der Waals surface area contributed by atoms with Crippen molar-refractivity contribution in [1.82, 2.24) is 16.0 Å². The lowest BCUT2D eigenvalue weighted by Gasteiger charge is -2.28. The molecule has 6 atom stereocenters. The van der Waals surface area contributed by atoms with Crippen LogP contribution in [0.2, 0.25) is 0 Å². The zero-order valence-corrected chi connectivity index (χ0v) is 23.2. The van der Waals surface area contributed by atoms with Crippen LogP contribution >= 0.6 is 0 Å². The fourth-order valence-corrected chi connectivity index (χ4v) is 4.11. The van der Waals surface area contributed by atoms with Gasteiger partial charge in [-0.05, 0) is 23.0 Å². The predicted molar refractivity (Wildman–Crippen MR) is 151 cm³/mol. The van der Waals surface area contributed by atoms with Gasteiger partial charge in [0.2, 0.25) is 17.7 Å². The lowest BCUT2D eigenvalue weighted by Crippen LogP contribution is -2.59. The van der Waals surface area contributed by atoms with E-state index in [-0.39, 0.29) is 24.7 Å². The second-order valence-corrected chi connectivity index (χ2v) is 10.1. The van der Waals surface area contributed by atoms with Gasteiger partial charge in [0.15, 0.2) is 0 Å². The largest absolute Gasteiger partial charge is 0.480 e. The van der Waals surface area contributed by atoms with Crippen molar-refractivity contribution in [2.45, 2.75) is 77.5 Å². The summed E-state index contributed by atoms with van der Waals surface area (Å²) in [5.74, 6) is -3.13. The summed E-state index contributed by atoms with van der Waals surface area (Å²) in [5.41, 5.74) is 7.70. The third kappa shape index (κ3) is 9.83. The van der Waals surface area contributed by atoms with Crippen molar-refractivity contribution >= 4 is 23.7 Å². The van der Waals surface area contributed by atoms with Gasteiger partial charge in [-0.2, -0.15) is 0 Å². The van der Waals surface area contributed by atoms with E-state index in [4.69, 9.17) is 5.73 Å². The molecule has 0 radical (unpaired) electrons. The van der Waals surface area contributed by atoms with Gasteiger partial charge >= 0.3 is 5.97 Å². The van der Waals surface area contributed by atoms with Crippen molar-refractivity contribution < 1.29 is 24.3 Å². The Morgan fingerprint density at radius 2 is 1.15 bits per heavy atom. The summed E-state index contributed by atoms with van der Waals surface area (Å²) in [6.45, 7) is 7.49. The topological polar surface area (TPSA) is 151 Å². The molecule has 2 rings (SSSR count). The molecule has 212 valence electrons. The summed E-state index contributed by atoms with van der Waals surface area (Å²) in [7, 11) is 0. The van der Waals surface area contributed by atoms with Crippen LogP contribution in [0.1, 0.15) is 51.7 Å². The molecule has 0 spiro atoms. The molecule has 0 aliphatic rings. The molecule has 2 aromatic rings. The summed E-state index contributed by atoms with van der Waals surface area (Å²) >= 11 is 0. The Morgan fingerprint density at radius 1 is 0.692 bits per heavy atom. The maximum atomic E-state index is 13.5. The highest BCUT2D eigenvalue weighted by molar-refractivity contribution is 5.94. The van der Waals surface area contributed by atoms with Gasteiger partial charge in [-0.3, -0.25) is 14.4 Å². The average molecular weight is 539 g/mol. The molecule has 6 unspecified atom stereocenters. The van der Waals surface area contributed by atoms with E-state index in [0.717, 1.165) is 11.1 Å². The zero-order valence-electron chi connectivity index (χ0n) is 23.2. The fraction of sp³-hybridized carbons (Fsp3) is 0.467. The Balaban J connectivity index is 2.24. The van der Waals surface area contributed by atoms with E-state index in [9.17, 15) is 24.3 Å². The highest BCUT2D eigenvalue weighted by Gasteiger charge is 2.33. The van der Waals surface area contributed by atoms with E-state index in [1.807, 2.05) is 57.2 Å². The normalized spacial score (nSPS) is 15.6. The quantitative estimate of drug-likeness (QED) is 0.235. The number of carbonyl (C=O) groups is 4. The van der Waals surface area contributed by atoms with Gasteiger partial charge in [-0.15, -0.1) is 0 Å². The minimum absolute atomic E-state index is 0.0818. The van der Waals surface area contributed by atoms with Crippen molar-refractivity contribution in [2.24, 2.45) is 17.6 Å². The number of benzene rings is 2. The van der Waals surface area contributed by atoms with Crippen molar-refractivity contribution in [2.75, 3.05) is 0 Å². The Kier molecular flexibility index (Phi) is 12.6.